The predicted molar refractivity (Wildman–Crippen MR) is 100 cm³/mol. The summed E-state index contributed by atoms with van der Waals surface area (Å²) < 4.78 is 0. The summed E-state index contributed by atoms with van der Waals surface area (Å²) in [5.41, 5.74) is 3.89. The van der Waals surface area contributed by atoms with Crippen molar-refractivity contribution in [2.45, 2.75) is 33.1 Å². The van der Waals surface area contributed by atoms with Crippen LogP contribution in [0.1, 0.15) is 30.7 Å². The maximum atomic E-state index is 12.5. The lowest BCUT2D eigenvalue weighted by atomic mass is 10.0. The van der Waals surface area contributed by atoms with Gasteiger partial charge in [0.05, 0.1) is 12.1 Å². The number of nitrogens with one attached hydrogen (secondary N) is 2. The predicted octanol–water partition coefficient (Wildman–Crippen LogP) is 2.98. The van der Waals surface area contributed by atoms with Crippen LogP contribution in [0.5, 0.6) is 0 Å². The Hall–Kier alpha value is -2.41. The molecule has 2 heterocycles. The first-order valence-electron chi connectivity index (χ1n) is 8.52. The van der Waals surface area contributed by atoms with Crippen LogP contribution in [0.2, 0.25) is 0 Å². The van der Waals surface area contributed by atoms with Gasteiger partial charge in [0.25, 0.3) is 0 Å². The van der Waals surface area contributed by atoms with Crippen molar-refractivity contribution in [2.24, 2.45) is 0 Å². The van der Waals surface area contributed by atoms with Crippen LogP contribution in [0.25, 0.3) is 0 Å². The molecule has 0 bridgehead atoms. The molecular weight excluding hydrogens is 336 g/mol. The number of nitrogens with zero attached hydrogens (tertiary/aromatic N) is 2. The van der Waals surface area contributed by atoms with Gasteiger partial charge in [0, 0.05) is 24.2 Å². The minimum atomic E-state index is -0.130. The van der Waals surface area contributed by atoms with Crippen molar-refractivity contribution in [1.82, 2.24) is 10.3 Å². The Kier molecular flexibility index (Phi) is 5.33. The molecule has 0 saturated carbocycles. The molecule has 1 fully saturated rings. The van der Waals surface area contributed by atoms with E-state index in [4.69, 9.17) is 0 Å². The molecule has 2 aromatic rings. The highest BCUT2D eigenvalue weighted by molar-refractivity contribution is 7.14. The lowest BCUT2D eigenvalue weighted by Gasteiger charge is -2.14. The van der Waals surface area contributed by atoms with Gasteiger partial charge in [0.1, 0.15) is 0 Å². The molecule has 0 radical (unpaired) electrons. The van der Waals surface area contributed by atoms with Gasteiger partial charge in [0.2, 0.25) is 5.91 Å². The van der Waals surface area contributed by atoms with Crippen molar-refractivity contribution in [2.75, 3.05) is 23.3 Å². The van der Waals surface area contributed by atoms with Gasteiger partial charge in [-0.05, 0) is 24.0 Å². The minimum Gasteiger partial charge on any atom is -0.336 e. The number of amides is 3. The van der Waals surface area contributed by atoms with E-state index in [0.717, 1.165) is 29.7 Å². The monoisotopic (exact) mass is 358 g/mol. The number of aromatic nitrogens is 1. The molecule has 0 aliphatic carbocycles. The van der Waals surface area contributed by atoms with Gasteiger partial charge in [-0.25, -0.2) is 9.78 Å². The van der Waals surface area contributed by atoms with Crippen LogP contribution in [0.3, 0.4) is 0 Å². The normalized spacial score (nSPS) is 13.8. The number of aryl methyl sites for hydroxylation is 2. The zero-order valence-electron chi connectivity index (χ0n) is 14.5. The number of rotatable bonds is 6. The summed E-state index contributed by atoms with van der Waals surface area (Å²) in [5, 5.41) is 8.28. The Bertz CT molecular complexity index is 765. The third-order valence-electron chi connectivity index (χ3n) is 4.23. The van der Waals surface area contributed by atoms with Gasteiger partial charge in [-0.15, -0.1) is 11.3 Å². The van der Waals surface area contributed by atoms with Gasteiger partial charge < -0.3 is 10.6 Å². The summed E-state index contributed by atoms with van der Waals surface area (Å²) >= 11 is 1.39. The highest BCUT2D eigenvalue weighted by Crippen LogP contribution is 2.24. The number of carbonyl (C=O) groups excluding carboxylic acids is 2. The highest BCUT2D eigenvalue weighted by Gasteiger charge is 2.24. The second-order valence-corrected chi connectivity index (χ2v) is 6.72. The van der Waals surface area contributed by atoms with Gasteiger partial charge in [-0.3, -0.25) is 9.69 Å². The van der Waals surface area contributed by atoms with Crippen molar-refractivity contribution >= 4 is 34.1 Å². The van der Waals surface area contributed by atoms with Crippen LogP contribution in [0.15, 0.2) is 23.6 Å². The van der Waals surface area contributed by atoms with Gasteiger partial charge in [-0.1, -0.05) is 32.0 Å². The van der Waals surface area contributed by atoms with E-state index in [2.05, 4.69) is 29.5 Å². The largest absolute Gasteiger partial charge is 0.336 e. The zero-order valence-corrected chi connectivity index (χ0v) is 15.3. The Morgan fingerprint density at radius 2 is 2.04 bits per heavy atom. The Labute approximate surface area is 151 Å². The second kappa shape index (κ2) is 7.65. The average molecular weight is 358 g/mol. The Morgan fingerprint density at radius 3 is 2.64 bits per heavy atom. The first-order valence-corrected chi connectivity index (χ1v) is 9.40. The number of benzene rings is 1. The second-order valence-electron chi connectivity index (χ2n) is 5.89. The quantitative estimate of drug-likeness (QED) is 0.834. The molecule has 0 unspecified atom stereocenters. The van der Waals surface area contributed by atoms with Crippen LogP contribution in [-0.2, 0) is 24.1 Å². The molecule has 1 aromatic carbocycles. The number of thiazole rings is 1. The Morgan fingerprint density at radius 1 is 1.32 bits per heavy atom. The molecule has 3 rings (SSSR count). The molecule has 1 aromatic heterocycles. The summed E-state index contributed by atoms with van der Waals surface area (Å²) in [6.07, 6.45) is 1.94. The molecule has 1 aliphatic heterocycles. The summed E-state index contributed by atoms with van der Waals surface area (Å²) in [7, 11) is 0. The van der Waals surface area contributed by atoms with E-state index in [1.807, 2.05) is 23.6 Å². The lowest BCUT2D eigenvalue weighted by molar-refractivity contribution is -0.115. The van der Waals surface area contributed by atoms with E-state index in [-0.39, 0.29) is 18.4 Å². The van der Waals surface area contributed by atoms with Crippen molar-refractivity contribution in [3.05, 3.63) is 40.4 Å². The number of urea groups is 1. The molecule has 1 saturated heterocycles. The standard InChI is InChI=1S/C18H22N4O2S/c1-3-12-6-5-7-13(4-2)16(12)21-15(23)10-14-11-25-18(20-14)22-9-8-19-17(22)24/h5-7,11H,3-4,8-10H2,1-2H3,(H,19,24)(H,21,23). The first-order chi connectivity index (χ1) is 12.1. The Balaban J connectivity index is 1.69. The van der Waals surface area contributed by atoms with Crippen molar-refractivity contribution in [3.8, 4) is 0 Å². The smallest absolute Gasteiger partial charge is 0.323 e. The van der Waals surface area contributed by atoms with Crippen LogP contribution in [0, 0.1) is 0 Å². The van der Waals surface area contributed by atoms with E-state index >= 15 is 0 Å². The molecule has 0 atom stereocenters. The van der Waals surface area contributed by atoms with E-state index < -0.39 is 0 Å². The van der Waals surface area contributed by atoms with E-state index in [0.29, 0.717) is 23.9 Å². The van der Waals surface area contributed by atoms with Gasteiger partial charge in [-0.2, -0.15) is 0 Å². The fourth-order valence-corrected chi connectivity index (χ4v) is 3.76. The summed E-state index contributed by atoms with van der Waals surface area (Å²) in [6.45, 7) is 5.40. The topological polar surface area (TPSA) is 74.3 Å². The van der Waals surface area contributed by atoms with Crippen LogP contribution >= 0.6 is 11.3 Å². The molecule has 7 heteroatoms. The number of anilines is 2. The summed E-state index contributed by atoms with van der Waals surface area (Å²) in [6, 6.07) is 5.99. The minimum absolute atomic E-state index is 0.0849. The van der Waals surface area contributed by atoms with Crippen molar-refractivity contribution in [3.63, 3.8) is 0 Å². The zero-order chi connectivity index (χ0) is 17.8. The lowest BCUT2D eigenvalue weighted by Crippen LogP contribution is -2.27. The number of hydrogen-bond acceptors (Lipinski definition) is 4. The molecule has 132 valence electrons. The SMILES string of the molecule is CCc1cccc(CC)c1NC(=O)Cc1csc(N2CCNC2=O)n1. The summed E-state index contributed by atoms with van der Waals surface area (Å²) in [4.78, 5) is 30.2. The number of para-hydroxylation sites is 1. The fraction of sp³-hybridized carbons (Fsp3) is 0.389. The van der Waals surface area contributed by atoms with E-state index in [1.54, 1.807) is 4.90 Å². The van der Waals surface area contributed by atoms with Crippen molar-refractivity contribution < 1.29 is 9.59 Å². The van der Waals surface area contributed by atoms with E-state index in [9.17, 15) is 9.59 Å². The van der Waals surface area contributed by atoms with Crippen LogP contribution in [-0.4, -0.2) is 30.0 Å². The third-order valence-corrected chi connectivity index (χ3v) is 5.14. The third kappa shape index (κ3) is 3.82. The molecule has 3 amide bonds. The average Bonchev–Trinajstić information content (AvgIpc) is 3.23. The van der Waals surface area contributed by atoms with E-state index in [1.165, 1.54) is 11.3 Å². The molecular formula is C18H22N4O2S. The fourth-order valence-electron chi connectivity index (χ4n) is 2.91. The molecule has 6 nitrogen and oxygen atoms in total. The summed E-state index contributed by atoms with van der Waals surface area (Å²) in [5.74, 6) is -0.0849. The molecule has 1 aliphatic rings. The maximum absolute atomic E-state index is 12.5. The molecule has 2 N–H and O–H groups in total. The highest BCUT2D eigenvalue weighted by atomic mass is 32.1. The molecule has 0 spiro atoms. The van der Waals surface area contributed by atoms with Gasteiger partial charge in [0.15, 0.2) is 5.13 Å². The van der Waals surface area contributed by atoms with Crippen LogP contribution < -0.4 is 15.5 Å². The maximum Gasteiger partial charge on any atom is 0.323 e. The number of carbonyl (C=O) groups is 2. The first kappa shape index (κ1) is 17.4. The van der Waals surface area contributed by atoms with Crippen molar-refractivity contribution in [1.29, 1.82) is 0 Å². The van der Waals surface area contributed by atoms with Gasteiger partial charge >= 0.3 is 6.03 Å². The van der Waals surface area contributed by atoms with Crippen LogP contribution in [0.4, 0.5) is 15.6 Å². The molecule has 25 heavy (non-hydrogen) atoms. The number of hydrogen-bond donors (Lipinski definition) is 2.